The molecule has 0 atom stereocenters. The van der Waals surface area contributed by atoms with Crippen LogP contribution in [-0.4, -0.2) is 16.6 Å². The fourth-order valence-corrected chi connectivity index (χ4v) is 2.09. The summed E-state index contributed by atoms with van der Waals surface area (Å²) >= 11 is 1.45. The summed E-state index contributed by atoms with van der Waals surface area (Å²) in [6, 6.07) is 0. The Morgan fingerprint density at radius 2 is 2.00 bits per heavy atom. The van der Waals surface area contributed by atoms with Crippen LogP contribution in [0.4, 0.5) is 0 Å². The van der Waals surface area contributed by atoms with Gasteiger partial charge in [0.25, 0.3) is 0 Å². The summed E-state index contributed by atoms with van der Waals surface area (Å²) in [5.74, 6) is -0.0155. The van der Waals surface area contributed by atoms with E-state index < -0.39 is 0 Å². The van der Waals surface area contributed by atoms with E-state index in [1.54, 1.807) is 6.20 Å². The number of nitrogens with zero attached hydrogens (tertiary/aromatic N) is 1. The molecular weight excluding hydrogens is 222 g/mol. The van der Waals surface area contributed by atoms with Crippen molar-refractivity contribution in [2.45, 2.75) is 40.0 Å². The minimum Gasteiger partial charge on any atom is -0.299 e. The molecule has 0 bridgehead atoms. The first-order valence-electron chi connectivity index (χ1n) is 5.28. The van der Waals surface area contributed by atoms with Crippen LogP contribution in [0, 0.1) is 5.41 Å². The third-order valence-corrected chi connectivity index (χ3v) is 2.73. The van der Waals surface area contributed by atoms with Gasteiger partial charge in [0.15, 0.2) is 0 Å². The molecule has 16 heavy (non-hydrogen) atoms. The number of carbonyl (C=O) groups is 2. The van der Waals surface area contributed by atoms with E-state index in [-0.39, 0.29) is 29.8 Å². The van der Waals surface area contributed by atoms with Crippen LogP contribution < -0.4 is 0 Å². The molecule has 1 heterocycles. The zero-order valence-corrected chi connectivity index (χ0v) is 10.8. The molecule has 1 rings (SSSR count). The third-order valence-electron chi connectivity index (χ3n) is 1.95. The average Bonchev–Trinajstić information content (AvgIpc) is 2.51. The van der Waals surface area contributed by atoms with Crippen molar-refractivity contribution < 1.29 is 9.59 Å². The van der Waals surface area contributed by atoms with Gasteiger partial charge >= 0.3 is 0 Å². The van der Waals surface area contributed by atoms with Gasteiger partial charge in [-0.1, -0.05) is 20.8 Å². The highest BCUT2D eigenvalue weighted by Crippen LogP contribution is 2.19. The molecule has 0 aliphatic heterocycles. The highest BCUT2D eigenvalue weighted by molar-refractivity contribution is 7.09. The minimum absolute atomic E-state index is 0.0223. The predicted molar refractivity (Wildman–Crippen MR) is 64.5 cm³/mol. The van der Waals surface area contributed by atoms with Crippen LogP contribution in [0.2, 0.25) is 0 Å². The number of aromatic nitrogens is 1. The molecule has 1 aromatic rings. The lowest BCUT2D eigenvalue weighted by Gasteiger charge is -2.16. The van der Waals surface area contributed by atoms with Gasteiger partial charge in [-0.05, 0) is 5.41 Å². The smallest absolute Gasteiger partial charge is 0.147 e. The van der Waals surface area contributed by atoms with Crippen molar-refractivity contribution in [3.63, 3.8) is 0 Å². The lowest BCUT2D eigenvalue weighted by molar-refractivity contribution is -0.127. The minimum atomic E-state index is -0.0431. The van der Waals surface area contributed by atoms with E-state index >= 15 is 0 Å². The van der Waals surface area contributed by atoms with Gasteiger partial charge in [0.2, 0.25) is 0 Å². The van der Waals surface area contributed by atoms with Crippen molar-refractivity contribution >= 4 is 22.9 Å². The van der Waals surface area contributed by atoms with Gasteiger partial charge in [-0.15, -0.1) is 11.3 Å². The molecule has 0 unspecified atom stereocenters. The Hall–Kier alpha value is -1.03. The number of hydrogen-bond acceptors (Lipinski definition) is 4. The molecule has 0 aliphatic carbocycles. The molecule has 88 valence electrons. The molecule has 0 fully saturated rings. The van der Waals surface area contributed by atoms with Crippen LogP contribution in [0.15, 0.2) is 11.6 Å². The number of Topliss-reactive ketones (excluding diaryl/α,β-unsaturated/α-hetero) is 2. The molecule has 0 aromatic carbocycles. The van der Waals surface area contributed by atoms with Crippen LogP contribution in [-0.2, 0) is 16.0 Å². The fourth-order valence-electron chi connectivity index (χ4n) is 1.45. The summed E-state index contributed by atoms with van der Waals surface area (Å²) in [6.45, 7) is 5.99. The quantitative estimate of drug-likeness (QED) is 0.742. The SMILES string of the molecule is CC(C)(C)CC(=O)CC(=O)Cc1nccs1. The van der Waals surface area contributed by atoms with E-state index in [9.17, 15) is 9.59 Å². The van der Waals surface area contributed by atoms with Crippen molar-refractivity contribution in [2.24, 2.45) is 5.41 Å². The maximum Gasteiger partial charge on any atom is 0.147 e. The third kappa shape index (κ3) is 5.16. The zero-order chi connectivity index (χ0) is 12.2. The first-order chi connectivity index (χ1) is 7.37. The van der Waals surface area contributed by atoms with Gasteiger partial charge < -0.3 is 0 Å². The standard InChI is InChI=1S/C12H17NO2S/c1-12(2,3)8-10(15)6-9(14)7-11-13-4-5-16-11/h4-5H,6-8H2,1-3H3. The second-order valence-electron chi connectivity index (χ2n) is 5.09. The largest absolute Gasteiger partial charge is 0.299 e. The van der Waals surface area contributed by atoms with Crippen LogP contribution >= 0.6 is 11.3 Å². The second kappa shape index (κ2) is 5.34. The summed E-state index contributed by atoms with van der Waals surface area (Å²) in [6.07, 6.45) is 2.45. The number of thiazole rings is 1. The molecule has 0 spiro atoms. The monoisotopic (exact) mass is 239 g/mol. The van der Waals surface area contributed by atoms with Crippen molar-refractivity contribution in [3.8, 4) is 0 Å². The predicted octanol–water partition coefficient (Wildman–Crippen LogP) is 2.65. The Labute approximate surface area is 99.9 Å². The van der Waals surface area contributed by atoms with E-state index in [0.29, 0.717) is 6.42 Å². The molecule has 4 heteroatoms. The Morgan fingerprint density at radius 3 is 2.50 bits per heavy atom. The number of ketones is 2. The van der Waals surface area contributed by atoms with Crippen LogP contribution in [0.3, 0.4) is 0 Å². The lowest BCUT2D eigenvalue weighted by Crippen LogP contribution is -2.17. The number of carbonyl (C=O) groups excluding carboxylic acids is 2. The zero-order valence-electron chi connectivity index (χ0n) is 9.95. The van der Waals surface area contributed by atoms with Crippen LogP contribution in [0.5, 0.6) is 0 Å². The van der Waals surface area contributed by atoms with E-state index in [1.807, 2.05) is 26.2 Å². The molecule has 0 amide bonds. The van der Waals surface area contributed by atoms with Gasteiger partial charge in [-0.3, -0.25) is 9.59 Å². The van der Waals surface area contributed by atoms with E-state index in [0.717, 1.165) is 5.01 Å². The lowest BCUT2D eigenvalue weighted by atomic mass is 9.88. The summed E-state index contributed by atoms with van der Waals surface area (Å²) in [7, 11) is 0. The topological polar surface area (TPSA) is 47.0 Å². The van der Waals surface area contributed by atoms with E-state index in [2.05, 4.69) is 4.98 Å². The Bertz CT molecular complexity index is 363. The van der Waals surface area contributed by atoms with Crippen LogP contribution in [0.25, 0.3) is 0 Å². The van der Waals surface area contributed by atoms with Gasteiger partial charge in [0.05, 0.1) is 17.8 Å². The van der Waals surface area contributed by atoms with E-state index in [4.69, 9.17) is 0 Å². The summed E-state index contributed by atoms with van der Waals surface area (Å²) < 4.78 is 0. The Morgan fingerprint density at radius 1 is 1.31 bits per heavy atom. The molecule has 1 aromatic heterocycles. The van der Waals surface area contributed by atoms with Gasteiger partial charge in [0, 0.05) is 18.0 Å². The maximum absolute atomic E-state index is 11.6. The highest BCUT2D eigenvalue weighted by atomic mass is 32.1. The molecule has 0 saturated heterocycles. The molecule has 0 radical (unpaired) electrons. The molecule has 3 nitrogen and oxygen atoms in total. The van der Waals surface area contributed by atoms with Crippen molar-refractivity contribution in [2.75, 3.05) is 0 Å². The first-order valence-corrected chi connectivity index (χ1v) is 6.16. The molecular formula is C12H17NO2S. The number of rotatable bonds is 5. The average molecular weight is 239 g/mol. The molecule has 0 N–H and O–H groups in total. The highest BCUT2D eigenvalue weighted by Gasteiger charge is 2.18. The molecule has 0 saturated carbocycles. The van der Waals surface area contributed by atoms with Gasteiger partial charge in [0.1, 0.15) is 11.6 Å². The van der Waals surface area contributed by atoms with Crippen molar-refractivity contribution in [1.29, 1.82) is 0 Å². The molecule has 0 aliphatic rings. The van der Waals surface area contributed by atoms with Crippen molar-refractivity contribution in [1.82, 2.24) is 4.98 Å². The van der Waals surface area contributed by atoms with Gasteiger partial charge in [-0.25, -0.2) is 4.98 Å². The summed E-state index contributed by atoms with van der Waals surface area (Å²) in [5, 5.41) is 2.62. The maximum atomic E-state index is 11.6. The second-order valence-corrected chi connectivity index (χ2v) is 6.07. The van der Waals surface area contributed by atoms with E-state index in [1.165, 1.54) is 11.3 Å². The summed E-state index contributed by atoms with van der Waals surface area (Å²) in [4.78, 5) is 27.1. The number of hydrogen-bond donors (Lipinski definition) is 0. The van der Waals surface area contributed by atoms with Gasteiger partial charge in [-0.2, -0.15) is 0 Å². The fraction of sp³-hybridized carbons (Fsp3) is 0.583. The summed E-state index contributed by atoms with van der Waals surface area (Å²) in [5.41, 5.74) is -0.0431. The normalized spacial score (nSPS) is 11.4. The first kappa shape index (κ1) is 13.0. The Kier molecular flexibility index (Phi) is 4.35. The Balaban J connectivity index is 2.37. The van der Waals surface area contributed by atoms with Crippen LogP contribution in [0.1, 0.15) is 38.6 Å². The van der Waals surface area contributed by atoms with Crippen molar-refractivity contribution in [3.05, 3.63) is 16.6 Å².